The number of hydrogen-bond acceptors (Lipinski definition) is 3. The van der Waals surface area contributed by atoms with Crippen LogP contribution in [-0.4, -0.2) is 46.4 Å². The van der Waals surface area contributed by atoms with Gasteiger partial charge in [-0.1, -0.05) is 41.4 Å². The van der Waals surface area contributed by atoms with Crippen LogP contribution in [0.15, 0.2) is 42.5 Å². The molecule has 21 heavy (non-hydrogen) atoms. The maximum atomic E-state index is 11.6. The number of nitrogens with one attached hydrogen (secondary N) is 1. The van der Waals surface area contributed by atoms with Crippen LogP contribution in [0.3, 0.4) is 0 Å². The van der Waals surface area contributed by atoms with Crippen LogP contribution >= 0.6 is 23.2 Å². The first-order chi connectivity index (χ1) is 9.50. The van der Waals surface area contributed by atoms with Crippen molar-refractivity contribution in [2.24, 2.45) is 0 Å². The normalized spacial score (nSPS) is 9.62. The Bertz CT molecular complexity index is 671. The number of carboxylic acids is 1. The molecule has 2 rings (SSSR count). The third-order valence-corrected chi connectivity index (χ3v) is 3.22. The van der Waals surface area contributed by atoms with E-state index in [1.807, 2.05) is 0 Å². The van der Waals surface area contributed by atoms with Crippen LogP contribution in [0.25, 0.3) is 0 Å². The maximum absolute atomic E-state index is 11.6. The van der Waals surface area contributed by atoms with Gasteiger partial charge in [-0.25, -0.2) is 4.79 Å². The number of ketones is 1. The van der Waals surface area contributed by atoms with Crippen molar-refractivity contribution in [2.75, 3.05) is 5.32 Å². The van der Waals surface area contributed by atoms with E-state index in [1.165, 1.54) is 6.07 Å². The Balaban J connectivity index is 0.00000220. The van der Waals surface area contributed by atoms with E-state index < -0.39 is 11.8 Å². The van der Waals surface area contributed by atoms with Gasteiger partial charge in [-0.3, -0.25) is 4.79 Å². The molecule has 0 aliphatic rings. The van der Waals surface area contributed by atoms with Gasteiger partial charge in [0.1, 0.15) is 0 Å². The molecule has 0 heterocycles. The van der Waals surface area contributed by atoms with Crippen molar-refractivity contribution in [3.8, 4) is 0 Å². The molecule has 0 bridgehead atoms. The summed E-state index contributed by atoms with van der Waals surface area (Å²) in [6.07, 6.45) is 0. The molecule has 0 aromatic heterocycles. The smallest absolute Gasteiger partial charge is 0.377 e. The number of Topliss-reactive ketones (excluding diaryl/α,β-unsaturated/α-hetero) is 1. The number of halogens is 2. The number of carbonyl (C=O) groups is 2. The fourth-order valence-corrected chi connectivity index (χ4v) is 2.15. The van der Waals surface area contributed by atoms with Gasteiger partial charge in [-0.2, -0.15) is 0 Å². The van der Waals surface area contributed by atoms with E-state index in [-0.39, 0.29) is 35.1 Å². The fraction of sp³-hybridized carbons (Fsp3) is 0. The summed E-state index contributed by atoms with van der Waals surface area (Å²) < 4.78 is 0. The molecule has 0 fully saturated rings. The van der Waals surface area contributed by atoms with Gasteiger partial charge in [-0.05, 0) is 24.3 Å². The molecular formula is C14H9Cl2NNaO3. The first kappa shape index (κ1) is 18.0. The Labute approximate surface area is 153 Å². The van der Waals surface area contributed by atoms with Crippen molar-refractivity contribution in [3.05, 3.63) is 58.1 Å². The zero-order chi connectivity index (χ0) is 14.7. The Morgan fingerprint density at radius 2 is 1.52 bits per heavy atom. The Hall–Kier alpha value is -1.04. The summed E-state index contributed by atoms with van der Waals surface area (Å²) in [4.78, 5) is 22.4. The zero-order valence-electron chi connectivity index (χ0n) is 11.1. The number of carboxylic acid groups (broad SMARTS) is 1. The summed E-state index contributed by atoms with van der Waals surface area (Å²) in [5.74, 6) is -2.53. The number of aliphatic carboxylic acids is 1. The Morgan fingerprint density at radius 1 is 0.952 bits per heavy atom. The van der Waals surface area contributed by atoms with E-state index >= 15 is 0 Å². The van der Waals surface area contributed by atoms with Gasteiger partial charge < -0.3 is 10.4 Å². The molecular weight excluding hydrogens is 324 g/mol. The van der Waals surface area contributed by atoms with Crippen molar-refractivity contribution in [3.63, 3.8) is 0 Å². The first-order valence-electron chi connectivity index (χ1n) is 5.58. The second-order valence-electron chi connectivity index (χ2n) is 3.90. The predicted octanol–water partition coefficient (Wildman–Crippen LogP) is 3.62. The van der Waals surface area contributed by atoms with Gasteiger partial charge in [0.15, 0.2) is 0 Å². The van der Waals surface area contributed by atoms with E-state index in [9.17, 15) is 9.59 Å². The maximum Gasteiger partial charge on any atom is 0.377 e. The van der Waals surface area contributed by atoms with Crippen molar-refractivity contribution in [1.82, 2.24) is 0 Å². The molecule has 2 N–H and O–H groups in total. The molecule has 0 aliphatic carbocycles. The van der Waals surface area contributed by atoms with Gasteiger partial charge in [0, 0.05) is 29.6 Å². The average molecular weight is 333 g/mol. The van der Waals surface area contributed by atoms with Crippen LogP contribution in [0.1, 0.15) is 10.4 Å². The number of carbonyl (C=O) groups excluding carboxylic acids is 1. The summed E-state index contributed by atoms with van der Waals surface area (Å²) in [7, 11) is 0. The van der Waals surface area contributed by atoms with Crippen LogP contribution < -0.4 is 5.32 Å². The van der Waals surface area contributed by atoms with E-state index in [4.69, 9.17) is 28.3 Å². The standard InChI is InChI=1S/C14H9Cl2NO3.Na/c15-9-5-3-6-10(16)12(9)17-11-7-2-1-4-8(11)13(18)14(19)20;/h1-7,17H,(H,19,20);. The minimum atomic E-state index is -1.52. The van der Waals surface area contributed by atoms with Gasteiger partial charge >= 0.3 is 5.97 Å². The zero-order valence-corrected chi connectivity index (χ0v) is 14.6. The predicted molar refractivity (Wildman–Crippen MR) is 83.9 cm³/mol. The molecule has 1 radical (unpaired) electrons. The summed E-state index contributed by atoms with van der Waals surface area (Å²) in [5, 5.41) is 12.4. The first-order valence-corrected chi connectivity index (χ1v) is 6.34. The number of para-hydroxylation sites is 2. The molecule has 4 nitrogen and oxygen atoms in total. The number of benzene rings is 2. The number of rotatable bonds is 4. The topological polar surface area (TPSA) is 66.4 Å². The number of anilines is 2. The van der Waals surface area contributed by atoms with Crippen LogP contribution in [0.2, 0.25) is 10.0 Å². The fourth-order valence-electron chi connectivity index (χ4n) is 1.66. The third kappa shape index (κ3) is 4.22. The second kappa shape index (κ2) is 7.82. The van der Waals surface area contributed by atoms with Crippen LogP contribution in [0, 0.1) is 0 Å². The molecule has 103 valence electrons. The minimum absolute atomic E-state index is 0. The van der Waals surface area contributed by atoms with Crippen LogP contribution in [0.4, 0.5) is 11.4 Å². The van der Waals surface area contributed by atoms with E-state index in [0.717, 1.165) is 0 Å². The van der Waals surface area contributed by atoms with Gasteiger partial charge in [0.25, 0.3) is 5.78 Å². The molecule has 2 aromatic rings. The second-order valence-corrected chi connectivity index (χ2v) is 4.72. The molecule has 0 spiro atoms. The Morgan fingerprint density at radius 3 is 2.10 bits per heavy atom. The number of hydrogen-bond donors (Lipinski definition) is 2. The summed E-state index contributed by atoms with van der Waals surface area (Å²) >= 11 is 12.1. The van der Waals surface area contributed by atoms with Crippen molar-refractivity contribution in [1.29, 1.82) is 0 Å². The molecule has 0 atom stereocenters. The average Bonchev–Trinajstić information content (AvgIpc) is 2.42. The van der Waals surface area contributed by atoms with Gasteiger partial charge in [0.2, 0.25) is 0 Å². The van der Waals surface area contributed by atoms with Crippen molar-refractivity contribution < 1.29 is 14.7 Å². The summed E-state index contributed by atoms with van der Waals surface area (Å²) in [6, 6.07) is 11.2. The molecule has 0 aliphatic heterocycles. The van der Waals surface area contributed by atoms with Gasteiger partial charge in [-0.15, -0.1) is 0 Å². The molecule has 0 unspecified atom stereocenters. The largest absolute Gasteiger partial charge is 0.475 e. The minimum Gasteiger partial charge on any atom is -0.475 e. The SMILES string of the molecule is O=C(O)C(=O)c1ccccc1Nc1c(Cl)cccc1Cl.[Na]. The summed E-state index contributed by atoms with van der Waals surface area (Å²) in [6.45, 7) is 0. The van der Waals surface area contributed by atoms with Crippen molar-refractivity contribution in [2.45, 2.75) is 0 Å². The summed E-state index contributed by atoms with van der Waals surface area (Å²) in [5.41, 5.74) is 0.785. The van der Waals surface area contributed by atoms with Crippen molar-refractivity contribution >= 4 is 75.9 Å². The van der Waals surface area contributed by atoms with Crippen LogP contribution in [-0.2, 0) is 4.79 Å². The van der Waals surface area contributed by atoms with E-state index in [0.29, 0.717) is 21.4 Å². The molecule has 0 amide bonds. The molecule has 2 aromatic carbocycles. The van der Waals surface area contributed by atoms with E-state index in [2.05, 4.69) is 5.32 Å². The monoisotopic (exact) mass is 332 g/mol. The van der Waals surface area contributed by atoms with Gasteiger partial charge in [0.05, 0.1) is 27.0 Å². The van der Waals surface area contributed by atoms with E-state index in [1.54, 1.807) is 36.4 Å². The quantitative estimate of drug-likeness (QED) is 0.509. The third-order valence-electron chi connectivity index (χ3n) is 2.59. The Kier molecular flexibility index (Phi) is 6.71. The molecule has 0 saturated heterocycles. The van der Waals surface area contributed by atoms with Crippen LogP contribution in [0.5, 0.6) is 0 Å². The molecule has 7 heteroatoms. The molecule has 0 saturated carbocycles.